The lowest BCUT2D eigenvalue weighted by atomic mass is 10.0. The van der Waals surface area contributed by atoms with Gasteiger partial charge in [-0.25, -0.2) is 0 Å². The van der Waals surface area contributed by atoms with Crippen LogP contribution in [0.3, 0.4) is 0 Å². The number of aliphatic hydroxyl groups excluding tert-OH is 2. The molecular formula is C12H17NO2. The van der Waals surface area contributed by atoms with Gasteiger partial charge in [-0.1, -0.05) is 30.3 Å². The molecule has 0 bridgehead atoms. The van der Waals surface area contributed by atoms with E-state index in [1.54, 1.807) is 0 Å². The Labute approximate surface area is 90.0 Å². The summed E-state index contributed by atoms with van der Waals surface area (Å²) in [4.78, 5) is 2.09. The summed E-state index contributed by atoms with van der Waals surface area (Å²) in [5.41, 5.74) is 1.22. The number of rotatable bonds is 2. The van der Waals surface area contributed by atoms with Gasteiger partial charge in [-0.3, -0.25) is 4.90 Å². The van der Waals surface area contributed by atoms with Crippen LogP contribution in [0.1, 0.15) is 12.0 Å². The maximum atomic E-state index is 9.53. The van der Waals surface area contributed by atoms with Crippen molar-refractivity contribution in [2.24, 2.45) is 0 Å². The van der Waals surface area contributed by atoms with Gasteiger partial charge in [0.25, 0.3) is 0 Å². The fourth-order valence-corrected chi connectivity index (χ4v) is 2.10. The van der Waals surface area contributed by atoms with Crippen LogP contribution in [0, 0.1) is 0 Å². The number of β-amino-alcohol motifs (C(OH)–C–C–N with tert-alkyl or cyclic N) is 2. The average Bonchev–Trinajstić information content (AvgIpc) is 2.17. The first-order valence-corrected chi connectivity index (χ1v) is 5.36. The van der Waals surface area contributed by atoms with E-state index >= 15 is 0 Å². The van der Waals surface area contributed by atoms with Crippen molar-refractivity contribution in [3.05, 3.63) is 35.9 Å². The zero-order chi connectivity index (χ0) is 10.7. The Kier molecular flexibility index (Phi) is 3.36. The van der Waals surface area contributed by atoms with Crippen LogP contribution in [0.2, 0.25) is 0 Å². The van der Waals surface area contributed by atoms with Crippen molar-refractivity contribution in [2.45, 2.75) is 25.2 Å². The van der Waals surface area contributed by atoms with E-state index in [0.717, 1.165) is 6.54 Å². The molecule has 0 amide bonds. The van der Waals surface area contributed by atoms with Crippen LogP contribution in [-0.2, 0) is 6.54 Å². The van der Waals surface area contributed by atoms with Crippen molar-refractivity contribution in [1.82, 2.24) is 4.90 Å². The first kappa shape index (κ1) is 10.6. The largest absolute Gasteiger partial charge is 0.392 e. The average molecular weight is 207 g/mol. The number of benzene rings is 1. The van der Waals surface area contributed by atoms with E-state index in [-0.39, 0.29) is 0 Å². The summed E-state index contributed by atoms with van der Waals surface area (Å²) in [7, 11) is 0. The number of aliphatic hydroxyl groups is 2. The fourth-order valence-electron chi connectivity index (χ4n) is 2.10. The van der Waals surface area contributed by atoms with E-state index in [9.17, 15) is 10.2 Å². The van der Waals surface area contributed by atoms with Gasteiger partial charge >= 0.3 is 0 Å². The second kappa shape index (κ2) is 4.75. The Morgan fingerprint density at radius 2 is 1.67 bits per heavy atom. The molecule has 2 N–H and O–H groups in total. The third-order valence-corrected chi connectivity index (χ3v) is 2.73. The van der Waals surface area contributed by atoms with Crippen molar-refractivity contribution >= 4 is 0 Å². The van der Waals surface area contributed by atoms with Crippen molar-refractivity contribution < 1.29 is 10.2 Å². The molecule has 0 aliphatic carbocycles. The summed E-state index contributed by atoms with van der Waals surface area (Å²) >= 11 is 0. The molecule has 15 heavy (non-hydrogen) atoms. The minimum Gasteiger partial charge on any atom is -0.392 e. The summed E-state index contributed by atoms with van der Waals surface area (Å²) in [6, 6.07) is 10.1. The van der Waals surface area contributed by atoms with Crippen LogP contribution >= 0.6 is 0 Å². The van der Waals surface area contributed by atoms with E-state index in [1.165, 1.54) is 5.56 Å². The zero-order valence-electron chi connectivity index (χ0n) is 8.71. The second-order valence-electron chi connectivity index (χ2n) is 4.22. The fraction of sp³-hybridized carbons (Fsp3) is 0.500. The summed E-state index contributed by atoms with van der Waals surface area (Å²) < 4.78 is 0. The van der Waals surface area contributed by atoms with Gasteiger partial charge in [0.05, 0.1) is 12.2 Å². The maximum absolute atomic E-state index is 9.53. The molecule has 3 heteroatoms. The van der Waals surface area contributed by atoms with Crippen molar-refractivity contribution in [2.75, 3.05) is 13.1 Å². The number of nitrogens with zero attached hydrogens (tertiary/aromatic N) is 1. The Hall–Kier alpha value is -0.900. The molecule has 0 radical (unpaired) electrons. The maximum Gasteiger partial charge on any atom is 0.0692 e. The summed E-state index contributed by atoms with van der Waals surface area (Å²) in [6.07, 6.45) is -0.277. The van der Waals surface area contributed by atoms with Gasteiger partial charge in [0.1, 0.15) is 0 Å². The topological polar surface area (TPSA) is 43.7 Å². The highest BCUT2D eigenvalue weighted by Gasteiger charge is 2.23. The quantitative estimate of drug-likeness (QED) is 0.747. The molecule has 0 aromatic heterocycles. The highest BCUT2D eigenvalue weighted by atomic mass is 16.3. The van der Waals surface area contributed by atoms with E-state index < -0.39 is 12.2 Å². The van der Waals surface area contributed by atoms with Gasteiger partial charge in [-0.2, -0.15) is 0 Å². The van der Waals surface area contributed by atoms with Crippen LogP contribution in [0.5, 0.6) is 0 Å². The molecule has 3 nitrogen and oxygen atoms in total. The van der Waals surface area contributed by atoms with Crippen molar-refractivity contribution in [3.63, 3.8) is 0 Å². The van der Waals surface area contributed by atoms with Crippen molar-refractivity contribution in [3.8, 4) is 0 Å². The first-order valence-electron chi connectivity index (χ1n) is 5.36. The van der Waals surface area contributed by atoms with Gasteiger partial charge in [-0.15, -0.1) is 0 Å². The van der Waals surface area contributed by atoms with Crippen LogP contribution in [0.25, 0.3) is 0 Å². The zero-order valence-corrected chi connectivity index (χ0v) is 8.71. The van der Waals surface area contributed by atoms with Crippen LogP contribution in [0.4, 0.5) is 0 Å². The molecule has 0 saturated carbocycles. The van der Waals surface area contributed by atoms with Crippen LogP contribution in [-0.4, -0.2) is 40.4 Å². The SMILES string of the molecule is OC1CC(O)CN(Cc2ccccc2)C1. The lowest BCUT2D eigenvalue weighted by molar-refractivity contribution is -0.0110. The molecule has 0 spiro atoms. The molecule has 1 aliphatic rings. The number of likely N-dealkylation sites (tertiary alicyclic amines) is 1. The van der Waals surface area contributed by atoms with Gasteiger partial charge in [-0.05, 0) is 5.56 Å². The van der Waals surface area contributed by atoms with Gasteiger partial charge in [0, 0.05) is 26.1 Å². The van der Waals surface area contributed by atoms with Gasteiger partial charge in [0.15, 0.2) is 0 Å². The standard InChI is InChI=1S/C12H17NO2/c14-11-6-12(15)9-13(8-11)7-10-4-2-1-3-5-10/h1-5,11-12,14-15H,6-9H2. The normalized spacial score (nSPS) is 27.9. The smallest absolute Gasteiger partial charge is 0.0692 e. The minimum absolute atomic E-state index is 0.391. The van der Waals surface area contributed by atoms with E-state index in [1.807, 2.05) is 18.2 Å². The van der Waals surface area contributed by atoms with Gasteiger partial charge in [0.2, 0.25) is 0 Å². The molecule has 1 aliphatic heterocycles. The minimum atomic E-state index is -0.391. The summed E-state index contributed by atoms with van der Waals surface area (Å²) in [6.45, 7) is 2.12. The first-order chi connectivity index (χ1) is 7.24. The number of piperidine rings is 1. The Morgan fingerprint density at radius 3 is 2.27 bits per heavy atom. The predicted octanol–water partition coefficient (Wildman–Crippen LogP) is 0.614. The molecule has 1 fully saturated rings. The van der Waals surface area contributed by atoms with Crippen molar-refractivity contribution in [1.29, 1.82) is 0 Å². The highest BCUT2D eigenvalue weighted by molar-refractivity contribution is 5.14. The molecule has 82 valence electrons. The molecule has 1 aromatic carbocycles. The Morgan fingerprint density at radius 1 is 1.07 bits per heavy atom. The lowest BCUT2D eigenvalue weighted by Gasteiger charge is -2.33. The van der Waals surface area contributed by atoms with E-state index in [0.29, 0.717) is 19.5 Å². The number of hydrogen-bond acceptors (Lipinski definition) is 3. The number of hydrogen-bond donors (Lipinski definition) is 2. The lowest BCUT2D eigenvalue weighted by Crippen LogP contribution is -2.45. The Balaban J connectivity index is 1.94. The summed E-state index contributed by atoms with van der Waals surface area (Å²) in [5, 5.41) is 19.1. The van der Waals surface area contributed by atoms with Crippen LogP contribution in [0.15, 0.2) is 30.3 Å². The van der Waals surface area contributed by atoms with E-state index in [2.05, 4.69) is 17.0 Å². The van der Waals surface area contributed by atoms with E-state index in [4.69, 9.17) is 0 Å². The third kappa shape index (κ3) is 3.02. The molecule has 2 atom stereocenters. The predicted molar refractivity (Wildman–Crippen MR) is 58.3 cm³/mol. The highest BCUT2D eigenvalue weighted by Crippen LogP contribution is 2.13. The molecule has 1 heterocycles. The molecule has 2 unspecified atom stereocenters. The van der Waals surface area contributed by atoms with Crippen LogP contribution < -0.4 is 0 Å². The monoisotopic (exact) mass is 207 g/mol. The third-order valence-electron chi connectivity index (χ3n) is 2.73. The molecular weight excluding hydrogens is 190 g/mol. The molecule has 2 rings (SSSR count). The molecule has 1 aromatic rings. The Bertz CT molecular complexity index is 292. The second-order valence-corrected chi connectivity index (χ2v) is 4.22. The summed E-state index contributed by atoms with van der Waals surface area (Å²) in [5.74, 6) is 0. The molecule has 1 saturated heterocycles. The van der Waals surface area contributed by atoms with Gasteiger partial charge < -0.3 is 10.2 Å².